The molecule has 1 aromatic carbocycles. The van der Waals surface area contributed by atoms with Crippen LogP contribution in [0.25, 0.3) is 0 Å². The van der Waals surface area contributed by atoms with Gasteiger partial charge in [0.15, 0.2) is 5.71 Å². The second kappa shape index (κ2) is 5.14. The lowest BCUT2D eigenvalue weighted by molar-refractivity contribution is -0.112. The van der Waals surface area contributed by atoms with E-state index in [-0.39, 0.29) is 5.71 Å². The molecule has 1 rings (SSSR count). The van der Waals surface area contributed by atoms with Crippen molar-refractivity contribution in [2.75, 3.05) is 6.61 Å². The lowest BCUT2D eigenvalue weighted by Crippen LogP contribution is -2.25. The molecule has 0 unspecified atom stereocenters. The average Bonchev–Trinajstić information content (AvgIpc) is 2.20. The van der Waals surface area contributed by atoms with Gasteiger partial charge in [0.2, 0.25) is 0 Å². The molecule has 1 aromatic rings. The molecular formula is C11H14N2O2. The van der Waals surface area contributed by atoms with Crippen LogP contribution in [-0.2, 0) is 9.63 Å². The maximum Gasteiger partial charge on any atom is 0.271 e. The number of benzene rings is 1. The van der Waals surface area contributed by atoms with E-state index < -0.39 is 5.91 Å². The van der Waals surface area contributed by atoms with Gasteiger partial charge in [0, 0.05) is 5.56 Å². The molecule has 0 aromatic heterocycles. The number of oxime groups is 1. The van der Waals surface area contributed by atoms with Crippen LogP contribution in [0.2, 0.25) is 0 Å². The van der Waals surface area contributed by atoms with E-state index in [2.05, 4.69) is 5.16 Å². The number of hydrogen-bond donors (Lipinski definition) is 1. The summed E-state index contributed by atoms with van der Waals surface area (Å²) in [6, 6.07) is 7.39. The highest BCUT2D eigenvalue weighted by Gasteiger charge is 2.12. The van der Waals surface area contributed by atoms with E-state index in [9.17, 15) is 4.79 Å². The number of aryl methyl sites for hydroxylation is 1. The quantitative estimate of drug-likeness (QED) is 0.594. The Kier molecular flexibility index (Phi) is 3.85. The fourth-order valence-corrected chi connectivity index (χ4v) is 1.19. The standard InChI is InChI=1S/C11H14N2O2/c1-3-15-13-10(11(12)14)9-7-5-4-6-8(9)2/h4-7H,3H2,1-2H3,(H2,12,14)/b13-10+. The number of carbonyl (C=O) groups is 1. The molecule has 0 spiro atoms. The second-order valence-corrected chi connectivity index (χ2v) is 3.04. The van der Waals surface area contributed by atoms with Gasteiger partial charge in [-0.15, -0.1) is 0 Å². The SMILES string of the molecule is CCO/N=C(/C(N)=O)c1ccccc1C. The van der Waals surface area contributed by atoms with Gasteiger partial charge in [0.25, 0.3) is 5.91 Å². The molecule has 80 valence electrons. The zero-order valence-electron chi connectivity index (χ0n) is 8.86. The van der Waals surface area contributed by atoms with Gasteiger partial charge in [0.1, 0.15) is 6.61 Å². The van der Waals surface area contributed by atoms with Crippen LogP contribution < -0.4 is 5.73 Å². The van der Waals surface area contributed by atoms with Crippen LogP contribution in [0.1, 0.15) is 18.1 Å². The molecule has 0 aliphatic carbocycles. The molecule has 2 N–H and O–H groups in total. The Morgan fingerprint density at radius 3 is 2.67 bits per heavy atom. The summed E-state index contributed by atoms with van der Waals surface area (Å²) in [7, 11) is 0. The monoisotopic (exact) mass is 206 g/mol. The fraction of sp³-hybridized carbons (Fsp3) is 0.273. The van der Waals surface area contributed by atoms with E-state index in [1.165, 1.54) is 0 Å². The van der Waals surface area contributed by atoms with Gasteiger partial charge < -0.3 is 10.6 Å². The van der Waals surface area contributed by atoms with Crippen molar-refractivity contribution in [1.29, 1.82) is 0 Å². The Hall–Kier alpha value is -1.84. The highest BCUT2D eigenvalue weighted by Crippen LogP contribution is 2.08. The Labute approximate surface area is 88.7 Å². The molecule has 4 nitrogen and oxygen atoms in total. The van der Waals surface area contributed by atoms with Crippen molar-refractivity contribution in [3.05, 3.63) is 35.4 Å². The lowest BCUT2D eigenvalue weighted by Gasteiger charge is -2.05. The van der Waals surface area contributed by atoms with Crippen LogP contribution >= 0.6 is 0 Å². The normalized spacial score (nSPS) is 11.2. The van der Waals surface area contributed by atoms with Crippen molar-refractivity contribution in [1.82, 2.24) is 0 Å². The van der Waals surface area contributed by atoms with Gasteiger partial charge in [0.05, 0.1) is 0 Å². The minimum Gasteiger partial charge on any atom is -0.395 e. The van der Waals surface area contributed by atoms with Crippen molar-refractivity contribution in [2.45, 2.75) is 13.8 Å². The number of nitrogens with two attached hydrogens (primary N) is 1. The minimum absolute atomic E-state index is 0.162. The molecule has 0 aliphatic rings. The Balaban J connectivity index is 3.10. The summed E-state index contributed by atoms with van der Waals surface area (Å²) >= 11 is 0. The van der Waals surface area contributed by atoms with Crippen LogP contribution in [0.4, 0.5) is 0 Å². The number of nitrogens with zero attached hydrogens (tertiary/aromatic N) is 1. The maximum atomic E-state index is 11.2. The van der Waals surface area contributed by atoms with E-state index in [0.29, 0.717) is 12.2 Å². The van der Waals surface area contributed by atoms with Crippen molar-refractivity contribution in [2.24, 2.45) is 10.9 Å². The third-order valence-electron chi connectivity index (χ3n) is 1.92. The first kappa shape index (κ1) is 11.2. The molecule has 0 radical (unpaired) electrons. The molecule has 4 heteroatoms. The Bertz CT molecular complexity index is 386. The Morgan fingerprint density at radius 2 is 2.13 bits per heavy atom. The van der Waals surface area contributed by atoms with Crippen molar-refractivity contribution < 1.29 is 9.63 Å². The van der Waals surface area contributed by atoms with Crippen LogP contribution in [0, 0.1) is 6.92 Å². The molecule has 0 saturated heterocycles. The zero-order valence-corrected chi connectivity index (χ0v) is 8.86. The first-order chi connectivity index (χ1) is 7.16. The summed E-state index contributed by atoms with van der Waals surface area (Å²) < 4.78 is 0. The first-order valence-electron chi connectivity index (χ1n) is 4.72. The summed E-state index contributed by atoms with van der Waals surface area (Å²) in [4.78, 5) is 16.0. The predicted molar refractivity (Wildman–Crippen MR) is 58.5 cm³/mol. The molecule has 0 atom stereocenters. The highest BCUT2D eigenvalue weighted by atomic mass is 16.6. The molecule has 1 amide bonds. The fourth-order valence-electron chi connectivity index (χ4n) is 1.19. The molecule has 0 heterocycles. The van der Waals surface area contributed by atoms with Crippen LogP contribution in [0.3, 0.4) is 0 Å². The molecule has 15 heavy (non-hydrogen) atoms. The topological polar surface area (TPSA) is 64.7 Å². The molecular weight excluding hydrogens is 192 g/mol. The van der Waals surface area contributed by atoms with Gasteiger partial charge in [-0.3, -0.25) is 4.79 Å². The lowest BCUT2D eigenvalue weighted by atomic mass is 10.0. The summed E-state index contributed by atoms with van der Waals surface area (Å²) in [6.07, 6.45) is 0. The number of hydrogen-bond acceptors (Lipinski definition) is 3. The summed E-state index contributed by atoms with van der Waals surface area (Å²) in [6.45, 7) is 4.09. The highest BCUT2D eigenvalue weighted by molar-refractivity contribution is 6.45. The van der Waals surface area contributed by atoms with Gasteiger partial charge >= 0.3 is 0 Å². The zero-order chi connectivity index (χ0) is 11.3. The first-order valence-corrected chi connectivity index (χ1v) is 4.72. The Morgan fingerprint density at radius 1 is 1.47 bits per heavy atom. The maximum absolute atomic E-state index is 11.2. The number of rotatable bonds is 4. The van der Waals surface area contributed by atoms with E-state index in [0.717, 1.165) is 5.56 Å². The second-order valence-electron chi connectivity index (χ2n) is 3.04. The van der Waals surface area contributed by atoms with Crippen molar-refractivity contribution >= 4 is 11.6 Å². The van der Waals surface area contributed by atoms with Crippen molar-refractivity contribution in [3.8, 4) is 0 Å². The summed E-state index contributed by atoms with van der Waals surface area (Å²) in [5.41, 5.74) is 7.04. The van der Waals surface area contributed by atoms with Gasteiger partial charge in [-0.05, 0) is 19.4 Å². The van der Waals surface area contributed by atoms with E-state index >= 15 is 0 Å². The van der Waals surface area contributed by atoms with E-state index in [1.54, 1.807) is 13.0 Å². The van der Waals surface area contributed by atoms with Crippen LogP contribution in [-0.4, -0.2) is 18.2 Å². The molecule has 0 aliphatic heterocycles. The van der Waals surface area contributed by atoms with E-state index in [4.69, 9.17) is 10.6 Å². The summed E-state index contributed by atoms with van der Waals surface area (Å²) in [5, 5.41) is 3.71. The van der Waals surface area contributed by atoms with Gasteiger partial charge in [-0.1, -0.05) is 29.4 Å². The molecule has 0 saturated carbocycles. The number of carbonyl (C=O) groups excluding carboxylic acids is 1. The third-order valence-corrected chi connectivity index (χ3v) is 1.92. The molecule has 0 bridgehead atoms. The van der Waals surface area contributed by atoms with Crippen LogP contribution in [0.15, 0.2) is 29.4 Å². The third kappa shape index (κ3) is 2.80. The minimum atomic E-state index is -0.585. The largest absolute Gasteiger partial charge is 0.395 e. The van der Waals surface area contributed by atoms with Gasteiger partial charge in [-0.25, -0.2) is 0 Å². The van der Waals surface area contributed by atoms with E-state index in [1.807, 2.05) is 25.1 Å². The summed E-state index contributed by atoms with van der Waals surface area (Å²) in [5.74, 6) is -0.585. The molecule has 0 fully saturated rings. The number of primary amides is 1. The van der Waals surface area contributed by atoms with Gasteiger partial charge in [-0.2, -0.15) is 0 Å². The smallest absolute Gasteiger partial charge is 0.271 e. The number of amides is 1. The predicted octanol–water partition coefficient (Wildman–Crippen LogP) is 1.22. The average molecular weight is 206 g/mol. The van der Waals surface area contributed by atoms with Crippen molar-refractivity contribution in [3.63, 3.8) is 0 Å². The van der Waals surface area contributed by atoms with Crippen LogP contribution in [0.5, 0.6) is 0 Å².